The van der Waals surface area contributed by atoms with Crippen LogP contribution in [0.5, 0.6) is 0 Å². The number of aromatic nitrogens is 2. The molecular formula is C6H8N2O2S. The summed E-state index contributed by atoms with van der Waals surface area (Å²) in [5.41, 5.74) is 0. The highest BCUT2D eigenvalue weighted by Gasteiger charge is 2.02. The Kier molecular flexibility index (Phi) is 3.10. The van der Waals surface area contributed by atoms with E-state index in [4.69, 9.17) is 0 Å². The van der Waals surface area contributed by atoms with Gasteiger partial charge in [-0.15, -0.1) is 0 Å². The van der Waals surface area contributed by atoms with Crippen molar-refractivity contribution in [3.05, 3.63) is 11.7 Å². The molecule has 0 aliphatic rings. The molecule has 0 radical (unpaired) electrons. The van der Waals surface area contributed by atoms with E-state index >= 15 is 0 Å². The van der Waals surface area contributed by atoms with Gasteiger partial charge in [0.1, 0.15) is 0 Å². The summed E-state index contributed by atoms with van der Waals surface area (Å²) in [4.78, 5) is 13.9. The molecule has 5 heteroatoms. The van der Waals surface area contributed by atoms with Gasteiger partial charge in [-0.25, -0.2) is 0 Å². The summed E-state index contributed by atoms with van der Waals surface area (Å²) >= 11 is 1.68. The second-order valence-corrected chi connectivity index (χ2v) is 3.08. The van der Waals surface area contributed by atoms with Crippen molar-refractivity contribution in [2.75, 3.05) is 5.75 Å². The number of thioether (sulfide) groups is 1. The number of aldehydes is 1. The molecule has 1 rings (SSSR count). The molecule has 1 heterocycles. The largest absolute Gasteiger partial charge is 0.331 e. The minimum atomic E-state index is 0.0525. The zero-order valence-corrected chi connectivity index (χ0v) is 6.93. The molecule has 0 saturated heterocycles. The molecule has 0 saturated carbocycles. The Labute approximate surface area is 68.4 Å². The molecule has 0 fully saturated rings. The van der Waals surface area contributed by atoms with Crippen molar-refractivity contribution in [1.82, 2.24) is 10.1 Å². The first-order valence-corrected chi connectivity index (χ1v) is 4.37. The molecule has 4 nitrogen and oxygen atoms in total. The van der Waals surface area contributed by atoms with Gasteiger partial charge in [0.25, 0.3) is 5.89 Å². The van der Waals surface area contributed by atoms with Crippen LogP contribution in [0.1, 0.15) is 23.4 Å². The smallest absolute Gasteiger partial charge is 0.290 e. The molecular weight excluding hydrogens is 164 g/mol. The van der Waals surface area contributed by atoms with Gasteiger partial charge >= 0.3 is 0 Å². The van der Waals surface area contributed by atoms with E-state index in [9.17, 15) is 4.79 Å². The van der Waals surface area contributed by atoms with Crippen molar-refractivity contribution in [1.29, 1.82) is 0 Å². The number of hydrogen-bond acceptors (Lipinski definition) is 5. The number of nitrogens with zero attached hydrogens (tertiary/aromatic N) is 2. The highest BCUT2D eigenvalue weighted by atomic mass is 32.2. The standard InChI is InChI=1S/C6H8N2O2S/c1-2-11-4-5-7-6(3-9)10-8-5/h3H,2,4H2,1H3. The van der Waals surface area contributed by atoms with E-state index in [1.54, 1.807) is 11.8 Å². The second kappa shape index (κ2) is 4.12. The summed E-state index contributed by atoms with van der Waals surface area (Å²) in [6.07, 6.45) is 0.549. The maximum Gasteiger partial charge on any atom is 0.290 e. The average molecular weight is 172 g/mol. The van der Waals surface area contributed by atoms with Crippen molar-refractivity contribution in [2.45, 2.75) is 12.7 Å². The first-order chi connectivity index (χ1) is 5.36. The van der Waals surface area contributed by atoms with Crippen LogP contribution in [-0.4, -0.2) is 22.2 Å². The van der Waals surface area contributed by atoms with Gasteiger partial charge in [-0.05, 0) is 5.75 Å². The third-order valence-electron chi connectivity index (χ3n) is 1.02. The van der Waals surface area contributed by atoms with Gasteiger partial charge in [0.05, 0.1) is 5.75 Å². The topological polar surface area (TPSA) is 56.0 Å². The summed E-state index contributed by atoms with van der Waals surface area (Å²) in [7, 11) is 0. The monoisotopic (exact) mass is 172 g/mol. The average Bonchev–Trinajstić information content (AvgIpc) is 2.48. The maximum absolute atomic E-state index is 10.1. The fraction of sp³-hybridized carbons (Fsp3) is 0.500. The van der Waals surface area contributed by atoms with Crippen LogP contribution in [0, 0.1) is 0 Å². The highest BCUT2D eigenvalue weighted by molar-refractivity contribution is 7.98. The minimum absolute atomic E-state index is 0.0525. The van der Waals surface area contributed by atoms with Gasteiger partial charge < -0.3 is 4.52 Å². The Balaban J connectivity index is 2.51. The lowest BCUT2D eigenvalue weighted by Gasteiger charge is -1.87. The Bertz CT molecular complexity index is 236. The second-order valence-electron chi connectivity index (χ2n) is 1.80. The van der Waals surface area contributed by atoms with Crippen LogP contribution >= 0.6 is 11.8 Å². The first-order valence-electron chi connectivity index (χ1n) is 3.22. The zero-order valence-electron chi connectivity index (χ0n) is 6.11. The van der Waals surface area contributed by atoms with Crippen LogP contribution in [0.15, 0.2) is 4.52 Å². The van der Waals surface area contributed by atoms with E-state index in [1.165, 1.54) is 0 Å². The van der Waals surface area contributed by atoms with Gasteiger partial charge in [0.15, 0.2) is 5.82 Å². The molecule has 0 spiro atoms. The molecule has 11 heavy (non-hydrogen) atoms. The lowest BCUT2D eigenvalue weighted by atomic mass is 10.7. The molecule has 0 amide bonds. The molecule has 0 N–H and O–H groups in total. The molecule has 1 aromatic heterocycles. The number of carbonyl (C=O) groups excluding carboxylic acids is 1. The first kappa shape index (κ1) is 8.26. The predicted molar refractivity (Wildman–Crippen MR) is 41.5 cm³/mol. The summed E-state index contributed by atoms with van der Waals surface area (Å²) in [6, 6.07) is 0. The van der Waals surface area contributed by atoms with Crippen molar-refractivity contribution >= 4 is 18.0 Å². The van der Waals surface area contributed by atoms with Crippen molar-refractivity contribution in [3.63, 3.8) is 0 Å². The van der Waals surface area contributed by atoms with Gasteiger partial charge in [0.2, 0.25) is 6.29 Å². The Morgan fingerprint density at radius 2 is 2.55 bits per heavy atom. The molecule has 60 valence electrons. The van der Waals surface area contributed by atoms with Crippen LogP contribution in [0.4, 0.5) is 0 Å². The Morgan fingerprint density at radius 3 is 3.09 bits per heavy atom. The van der Waals surface area contributed by atoms with E-state index in [1.807, 2.05) is 6.92 Å². The van der Waals surface area contributed by atoms with Gasteiger partial charge in [-0.2, -0.15) is 16.7 Å². The maximum atomic E-state index is 10.1. The van der Waals surface area contributed by atoms with Gasteiger partial charge in [-0.1, -0.05) is 12.1 Å². The number of carbonyl (C=O) groups is 1. The van der Waals surface area contributed by atoms with Crippen LogP contribution in [0.2, 0.25) is 0 Å². The molecule has 0 aromatic carbocycles. The van der Waals surface area contributed by atoms with E-state index in [0.29, 0.717) is 17.9 Å². The zero-order chi connectivity index (χ0) is 8.10. The molecule has 0 atom stereocenters. The van der Waals surface area contributed by atoms with Crippen LogP contribution in [0.25, 0.3) is 0 Å². The fourth-order valence-electron chi connectivity index (χ4n) is 0.567. The van der Waals surface area contributed by atoms with E-state index in [0.717, 1.165) is 5.75 Å². The van der Waals surface area contributed by atoms with Crippen LogP contribution in [0.3, 0.4) is 0 Å². The Hall–Kier alpha value is -0.840. The molecule has 0 aliphatic heterocycles. The van der Waals surface area contributed by atoms with Gasteiger partial charge in [0, 0.05) is 0 Å². The van der Waals surface area contributed by atoms with Crippen LogP contribution < -0.4 is 0 Å². The van der Waals surface area contributed by atoms with Crippen LogP contribution in [-0.2, 0) is 5.75 Å². The molecule has 0 bridgehead atoms. The molecule has 0 aliphatic carbocycles. The summed E-state index contributed by atoms with van der Waals surface area (Å²) in [5, 5.41) is 3.59. The number of hydrogen-bond donors (Lipinski definition) is 0. The van der Waals surface area contributed by atoms with E-state index in [2.05, 4.69) is 14.7 Å². The molecule has 1 aromatic rings. The van der Waals surface area contributed by atoms with Crippen molar-refractivity contribution in [3.8, 4) is 0 Å². The molecule has 0 unspecified atom stereocenters. The van der Waals surface area contributed by atoms with Gasteiger partial charge in [-0.3, -0.25) is 4.79 Å². The predicted octanol–water partition coefficient (Wildman–Crippen LogP) is 1.14. The van der Waals surface area contributed by atoms with Crippen molar-refractivity contribution in [2.24, 2.45) is 0 Å². The lowest BCUT2D eigenvalue weighted by molar-refractivity contribution is 0.108. The summed E-state index contributed by atoms with van der Waals surface area (Å²) in [6.45, 7) is 2.05. The third kappa shape index (κ3) is 2.34. The fourth-order valence-corrected chi connectivity index (χ4v) is 1.07. The SMILES string of the molecule is CCSCc1noc(C=O)n1. The third-order valence-corrected chi connectivity index (χ3v) is 1.89. The lowest BCUT2D eigenvalue weighted by Crippen LogP contribution is -1.84. The highest BCUT2D eigenvalue weighted by Crippen LogP contribution is 2.07. The summed E-state index contributed by atoms with van der Waals surface area (Å²) in [5.74, 6) is 2.34. The van der Waals surface area contributed by atoms with E-state index < -0.39 is 0 Å². The Morgan fingerprint density at radius 1 is 1.73 bits per heavy atom. The number of rotatable bonds is 4. The van der Waals surface area contributed by atoms with E-state index in [-0.39, 0.29) is 5.89 Å². The quantitative estimate of drug-likeness (QED) is 0.637. The van der Waals surface area contributed by atoms with Crippen molar-refractivity contribution < 1.29 is 9.32 Å². The normalized spacial score (nSPS) is 9.91. The summed E-state index contributed by atoms with van der Waals surface area (Å²) < 4.78 is 4.57. The minimum Gasteiger partial charge on any atom is -0.331 e.